The van der Waals surface area contributed by atoms with Gasteiger partial charge >= 0.3 is 0 Å². The molecule has 2 aromatic heterocycles. The molecule has 0 bridgehead atoms. The molecule has 3 heterocycles. The minimum Gasteiger partial charge on any atom is -0.333 e. The van der Waals surface area contributed by atoms with E-state index < -0.39 is 0 Å². The molecule has 2 aromatic rings. The van der Waals surface area contributed by atoms with E-state index in [-0.39, 0.29) is 5.91 Å². The SMILES string of the molecule is O=C(c1ncccc1Br)N1CCc2sccc2C1. The molecule has 0 radical (unpaired) electrons. The van der Waals surface area contributed by atoms with Crippen LogP contribution in [0.2, 0.25) is 0 Å². The summed E-state index contributed by atoms with van der Waals surface area (Å²) in [6.07, 6.45) is 2.60. The van der Waals surface area contributed by atoms with E-state index in [1.54, 1.807) is 17.5 Å². The van der Waals surface area contributed by atoms with Gasteiger partial charge in [-0.3, -0.25) is 4.79 Å². The average molecular weight is 323 g/mol. The summed E-state index contributed by atoms with van der Waals surface area (Å²) in [6.45, 7) is 1.47. The fourth-order valence-corrected chi connectivity index (χ4v) is 3.43. The Balaban J connectivity index is 1.85. The Kier molecular flexibility index (Phi) is 3.18. The molecule has 18 heavy (non-hydrogen) atoms. The number of aromatic nitrogens is 1. The summed E-state index contributed by atoms with van der Waals surface area (Å²) in [6, 6.07) is 5.77. The zero-order chi connectivity index (χ0) is 12.5. The van der Waals surface area contributed by atoms with Gasteiger partial charge in [0.2, 0.25) is 0 Å². The molecule has 0 fully saturated rings. The van der Waals surface area contributed by atoms with Crippen molar-refractivity contribution in [2.45, 2.75) is 13.0 Å². The first-order chi connectivity index (χ1) is 8.75. The van der Waals surface area contributed by atoms with Gasteiger partial charge in [-0.2, -0.15) is 0 Å². The van der Waals surface area contributed by atoms with Gasteiger partial charge in [0.25, 0.3) is 5.91 Å². The highest BCUT2D eigenvalue weighted by atomic mass is 79.9. The van der Waals surface area contributed by atoms with Gasteiger partial charge in [-0.1, -0.05) is 0 Å². The number of carbonyl (C=O) groups excluding carboxylic acids is 1. The summed E-state index contributed by atoms with van der Waals surface area (Å²) >= 11 is 5.16. The van der Waals surface area contributed by atoms with Crippen molar-refractivity contribution >= 4 is 33.2 Å². The first-order valence-electron chi connectivity index (χ1n) is 5.71. The van der Waals surface area contributed by atoms with Crippen molar-refractivity contribution in [3.05, 3.63) is 50.4 Å². The molecule has 0 saturated carbocycles. The number of amides is 1. The topological polar surface area (TPSA) is 33.2 Å². The van der Waals surface area contributed by atoms with Crippen LogP contribution in [-0.4, -0.2) is 22.3 Å². The molecule has 0 saturated heterocycles. The van der Waals surface area contributed by atoms with Crippen molar-refractivity contribution in [3.8, 4) is 0 Å². The Morgan fingerprint density at radius 1 is 1.44 bits per heavy atom. The maximum absolute atomic E-state index is 12.4. The molecule has 0 aromatic carbocycles. The van der Waals surface area contributed by atoms with E-state index in [1.807, 2.05) is 17.0 Å². The largest absolute Gasteiger partial charge is 0.333 e. The third kappa shape index (κ3) is 2.08. The molecule has 3 nitrogen and oxygen atoms in total. The van der Waals surface area contributed by atoms with E-state index in [0.717, 1.165) is 17.4 Å². The van der Waals surface area contributed by atoms with Gasteiger partial charge in [-0.05, 0) is 51.5 Å². The number of hydrogen-bond acceptors (Lipinski definition) is 3. The van der Waals surface area contributed by atoms with Crippen LogP contribution in [0.5, 0.6) is 0 Å². The predicted molar refractivity (Wildman–Crippen MR) is 74.7 cm³/mol. The summed E-state index contributed by atoms with van der Waals surface area (Å²) in [7, 11) is 0. The number of fused-ring (bicyclic) bond motifs is 1. The molecule has 3 rings (SSSR count). The Bertz CT molecular complexity index is 596. The van der Waals surface area contributed by atoms with Gasteiger partial charge in [0.05, 0.1) is 0 Å². The van der Waals surface area contributed by atoms with Crippen LogP contribution in [0.15, 0.2) is 34.2 Å². The van der Waals surface area contributed by atoms with Crippen LogP contribution in [0.25, 0.3) is 0 Å². The number of pyridine rings is 1. The molecule has 0 N–H and O–H groups in total. The van der Waals surface area contributed by atoms with E-state index in [4.69, 9.17) is 0 Å². The highest BCUT2D eigenvalue weighted by molar-refractivity contribution is 9.10. The second kappa shape index (κ2) is 4.82. The van der Waals surface area contributed by atoms with Crippen molar-refractivity contribution in [3.63, 3.8) is 0 Å². The number of hydrogen-bond donors (Lipinski definition) is 0. The smallest absolute Gasteiger partial charge is 0.273 e. The third-order valence-electron chi connectivity index (χ3n) is 3.06. The molecule has 1 aliphatic rings. The maximum atomic E-state index is 12.4. The quantitative estimate of drug-likeness (QED) is 0.808. The Morgan fingerprint density at radius 3 is 3.17 bits per heavy atom. The van der Waals surface area contributed by atoms with Gasteiger partial charge in [0, 0.05) is 28.6 Å². The molecule has 0 aliphatic carbocycles. The summed E-state index contributed by atoms with van der Waals surface area (Å²) < 4.78 is 0.756. The van der Waals surface area contributed by atoms with Crippen LogP contribution in [0.3, 0.4) is 0 Å². The molecule has 5 heteroatoms. The van der Waals surface area contributed by atoms with Crippen LogP contribution in [-0.2, 0) is 13.0 Å². The number of carbonyl (C=O) groups is 1. The summed E-state index contributed by atoms with van der Waals surface area (Å²) in [5.74, 6) is -0.000625. The minimum atomic E-state index is -0.000625. The highest BCUT2D eigenvalue weighted by Crippen LogP contribution is 2.25. The van der Waals surface area contributed by atoms with Crippen molar-refractivity contribution in [2.24, 2.45) is 0 Å². The zero-order valence-electron chi connectivity index (χ0n) is 9.60. The molecule has 92 valence electrons. The molecular formula is C13H11BrN2OS. The normalized spacial score (nSPS) is 14.4. The van der Waals surface area contributed by atoms with Crippen molar-refractivity contribution in [1.82, 2.24) is 9.88 Å². The average Bonchev–Trinajstić information content (AvgIpc) is 2.85. The van der Waals surface area contributed by atoms with Crippen LogP contribution in [0.1, 0.15) is 20.9 Å². The molecule has 1 amide bonds. The maximum Gasteiger partial charge on any atom is 0.273 e. The Labute approximate surface area is 118 Å². The Morgan fingerprint density at radius 2 is 2.33 bits per heavy atom. The van der Waals surface area contributed by atoms with Gasteiger partial charge in [0.1, 0.15) is 5.69 Å². The van der Waals surface area contributed by atoms with E-state index >= 15 is 0 Å². The van der Waals surface area contributed by atoms with E-state index in [2.05, 4.69) is 32.4 Å². The number of nitrogens with zero attached hydrogens (tertiary/aromatic N) is 2. The van der Waals surface area contributed by atoms with Crippen molar-refractivity contribution in [1.29, 1.82) is 0 Å². The summed E-state index contributed by atoms with van der Waals surface area (Å²) in [4.78, 5) is 19.8. The third-order valence-corrected chi connectivity index (χ3v) is 4.72. The van der Waals surface area contributed by atoms with Crippen LogP contribution in [0, 0.1) is 0 Å². The van der Waals surface area contributed by atoms with Gasteiger partial charge in [-0.25, -0.2) is 4.98 Å². The minimum absolute atomic E-state index is 0.000625. The fourth-order valence-electron chi connectivity index (χ4n) is 2.11. The van der Waals surface area contributed by atoms with E-state index in [9.17, 15) is 4.79 Å². The first kappa shape index (κ1) is 11.9. The molecular weight excluding hydrogens is 312 g/mol. The first-order valence-corrected chi connectivity index (χ1v) is 7.38. The molecule has 0 atom stereocenters. The standard InChI is InChI=1S/C13H11BrN2OS/c14-10-2-1-5-15-12(10)13(17)16-6-3-11-9(8-16)4-7-18-11/h1-2,4-5,7H,3,6,8H2. The van der Waals surface area contributed by atoms with Gasteiger partial charge in [-0.15, -0.1) is 11.3 Å². The monoisotopic (exact) mass is 322 g/mol. The number of rotatable bonds is 1. The number of thiophene rings is 1. The van der Waals surface area contributed by atoms with Crippen LogP contribution >= 0.6 is 27.3 Å². The lowest BCUT2D eigenvalue weighted by molar-refractivity contribution is 0.0729. The second-order valence-corrected chi connectivity index (χ2v) is 6.03. The lowest BCUT2D eigenvalue weighted by Gasteiger charge is -2.26. The lowest BCUT2D eigenvalue weighted by Crippen LogP contribution is -2.36. The fraction of sp³-hybridized carbons (Fsp3) is 0.231. The Hall–Kier alpha value is -1.20. The van der Waals surface area contributed by atoms with Crippen LogP contribution < -0.4 is 0 Å². The summed E-state index contributed by atoms with van der Waals surface area (Å²) in [5, 5.41) is 2.09. The highest BCUT2D eigenvalue weighted by Gasteiger charge is 2.24. The van der Waals surface area contributed by atoms with Crippen LogP contribution in [0.4, 0.5) is 0 Å². The van der Waals surface area contributed by atoms with Crippen molar-refractivity contribution < 1.29 is 4.79 Å². The summed E-state index contributed by atoms with van der Waals surface area (Å²) in [5.41, 5.74) is 1.77. The molecule has 0 spiro atoms. The number of halogens is 1. The molecule has 0 unspecified atom stereocenters. The second-order valence-electron chi connectivity index (χ2n) is 4.18. The predicted octanol–water partition coefficient (Wildman–Crippen LogP) is 3.10. The molecule has 1 aliphatic heterocycles. The zero-order valence-corrected chi connectivity index (χ0v) is 12.0. The van der Waals surface area contributed by atoms with Crippen molar-refractivity contribution in [2.75, 3.05) is 6.54 Å². The lowest BCUT2D eigenvalue weighted by atomic mass is 10.1. The van der Waals surface area contributed by atoms with E-state index in [1.165, 1.54) is 10.4 Å². The van der Waals surface area contributed by atoms with E-state index in [0.29, 0.717) is 12.2 Å². The van der Waals surface area contributed by atoms with Gasteiger partial charge < -0.3 is 4.90 Å². The van der Waals surface area contributed by atoms with Gasteiger partial charge in [0.15, 0.2) is 0 Å².